The number of hydrogen-bond acceptors (Lipinski definition) is 5. The molecule has 128 valence electrons. The number of halogens is 1. The number of rotatable bonds is 5. The molecular formula is C18H16FN3O2S. The molecule has 25 heavy (non-hydrogen) atoms. The van der Waals surface area contributed by atoms with Crippen LogP contribution in [-0.2, 0) is 4.79 Å². The van der Waals surface area contributed by atoms with Crippen molar-refractivity contribution in [2.45, 2.75) is 24.3 Å². The average Bonchev–Trinajstić information content (AvgIpc) is 3.05. The van der Waals surface area contributed by atoms with Crippen LogP contribution in [0.1, 0.15) is 12.5 Å². The summed E-state index contributed by atoms with van der Waals surface area (Å²) < 4.78 is 19.2. The number of nitrogens with zero attached hydrogens (tertiary/aromatic N) is 2. The summed E-state index contributed by atoms with van der Waals surface area (Å²) in [6, 6.07) is 13.7. The smallest absolute Gasteiger partial charge is 0.277 e. The molecule has 1 aromatic heterocycles. The first-order valence-electron chi connectivity index (χ1n) is 7.65. The van der Waals surface area contributed by atoms with Crippen molar-refractivity contribution in [3.63, 3.8) is 0 Å². The summed E-state index contributed by atoms with van der Waals surface area (Å²) in [5.41, 5.74) is 2.08. The molecule has 1 atom stereocenters. The molecule has 1 N–H and O–H groups in total. The van der Waals surface area contributed by atoms with E-state index in [4.69, 9.17) is 4.42 Å². The van der Waals surface area contributed by atoms with Gasteiger partial charge in [-0.1, -0.05) is 41.6 Å². The van der Waals surface area contributed by atoms with Crippen LogP contribution in [0.25, 0.3) is 11.5 Å². The summed E-state index contributed by atoms with van der Waals surface area (Å²) in [6.45, 7) is 3.72. The van der Waals surface area contributed by atoms with Crippen LogP contribution in [0.15, 0.2) is 58.2 Å². The van der Waals surface area contributed by atoms with Gasteiger partial charge in [0, 0.05) is 5.69 Å². The quantitative estimate of drug-likeness (QED) is 0.690. The molecule has 7 heteroatoms. The standard InChI is InChI=1S/C18H16FN3O2S/c1-11-7-9-13(10-8-11)20-16(23)12(2)25-18-22-21-17(24-18)14-5-3-4-6-15(14)19/h3-10,12H,1-2H3,(H,20,23)/t12-/m1/s1. The minimum atomic E-state index is -0.449. The Morgan fingerprint density at radius 3 is 2.60 bits per heavy atom. The van der Waals surface area contributed by atoms with Crippen LogP contribution in [0.3, 0.4) is 0 Å². The van der Waals surface area contributed by atoms with E-state index in [1.807, 2.05) is 31.2 Å². The molecule has 0 unspecified atom stereocenters. The van der Waals surface area contributed by atoms with Gasteiger partial charge < -0.3 is 9.73 Å². The summed E-state index contributed by atoms with van der Waals surface area (Å²) in [6.07, 6.45) is 0. The molecule has 0 aliphatic heterocycles. The van der Waals surface area contributed by atoms with Crippen LogP contribution in [0.5, 0.6) is 0 Å². The second kappa shape index (κ2) is 7.48. The number of benzene rings is 2. The van der Waals surface area contributed by atoms with Gasteiger partial charge in [-0.3, -0.25) is 4.79 Å². The van der Waals surface area contributed by atoms with Crippen molar-refractivity contribution in [2.24, 2.45) is 0 Å². The van der Waals surface area contributed by atoms with Gasteiger partial charge in [-0.25, -0.2) is 4.39 Å². The molecule has 5 nitrogen and oxygen atoms in total. The van der Waals surface area contributed by atoms with E-state index in [1.165, 1.54) is 6.07 Å². The van der Waals surface area contributed by atoms with Gasteiger partial charge in [0.15, 0.2) is 0 Å². The van der Waals surface area contributed by atoms with Crippen LogP contribution in [0, 0.1) is 12.7 Å². The highest BCUT2D eigenvalue weighted by Gasteiger charge is 2.19. The lowest BCUT2D eigenvalue weighted by atomic mass is 10.2. The molecule has 0 saturated heterocycles. The maximum absolute atomic E-state index is 13.7. The van der Waals surface area contributed by atoms with Crippen molar-refractivity contribution in [1.82, 2.24) is 10.2 Å². The average molecular weight is 357 g/mol. The Hall–Kier alpha value is -2.67. The van der Waals surface area contributed by atoms with E-state index >= 15 is 0 Å². The maximum Gasteiger partial charge on any atom is 0.277 e. The molecule has 2 aromatic carbocycles. The maximum atomic E-state index is 13.7. The summed E-state index contributed by atoms with van der Waals surface area (Å²) in [5, 5.41) is 10.3. The van der Waals surface area contributed by atoms with Crippen LogP contribution >= 0.6 is 11.8 Å². The summed E-state index contributed by atoms with van der Waals surface area (Å²) >= 11 is 1.12. The molecule has 0 aliphatic rings. The Labute approximate surface area is 148 Å². The minimum Gasteiger partial charge on any atom is -0.411 e. The molecular weight excluding hydrogens is 341 g/mol. The molecule has 0 fully saturated rings. The van der Waals surface area contributed by atoms with Crippen molar-refractivity contribution in [3.8, 4) is 11.5 Å². The van der Waals surface area contributed by atoms with Gasteiger partial charge in [-0.15, -0.1) is 10.2 Å². The van der Waals surface area contributed by atoms with Crippen LogP contribution in [0.4, 0.5) is 10.1 Å². The van der Waals surface area contributed by atoms with Gasteiger partial charge in [0.1, 0.15) is 5.82 Å². The summed E-state index contributed by atoms with van der Waals surface area (Å²) in [7, 11) is 0. The third-order valence-corrected chi connectivity index (χ3v) is 4.41. The number of hydrogen-bond donors (Lipinski definition) is 1. The Morgan fingerprint density at radius 1 is 1.16 bits per heavy atom. The lowest BCUT2D eigenvalue weighted by Gasteiger charge is -2.10. The lowest BCUT2D eigenvalue weighted by Crippen LogP contribution is -2.22. The highest BCUT2D eigenvalue weighted by Crippen LogP contribution is 2.27. The zero-order valence-corrected chi connectivity index (χ0v) is 14.5. The van der Waals surface area contributed by atoms with E-state index in [0.29, 0.717) is 0 Å². The van der Waals surface area contributed by atoms with Crippen molar-refractivity contribution in [1.29, 1.82) is 0 Å². The van der Waals surface area contributed by atoms with Crippen molar-refractivity contribution in [3.05, 3.63) is 59.9 Å². The highest BCUT2D eigenvalue weighted by atomic mass is 32.2. The number of anilines is 1. The minimum absolute atomic E-state index is 0.0896. The van der Waals surface area contributed by atoms with Crippen molar-refractivity contribution >= 4 is 23.4 Å². The normalized spacial score (nSPS) is 12.0. The topological polar surface area (TPSA) is 68.0 Å². The van der Waals surface area contributed by atoms with E-state index in [9.17, 15) is 9.18 Å². The van der Waals surface area contributed by atoms with Crippen LogP contribution in [0.2, 0.25) is 0 Å². The molecule has 0 spiro atoms. The Balaban J connectivity index is 1.65. The first-order valence-corrected chi connectivity index (χ1v) is 8.53. The second-order valence-electron chi connectivity index (χ2n) is 5.47. The molecule has 1 heterocycles. The molecule has 0 aliphatic carbocycles. The molecule has 0 bridgehead atoms. The molecule has 0 saturated carbocycles. The largest absolute Gasteiger partial charge is 0.411 e. The zero-order valence-electron chi connectivity index (χ0n) is 13.7. The first kappa shape index (κ1) is 17.2. The van der Waals surface area contributed by atoms with Crippen molar-refractivity contribution in [2.75, 3.05) is 5.32 Å². The third kappa shape index (κ3) is 4.24. The van der Waals surface area contributed by atoms with E-state index < -0.39 is 11.1 Å². The second-order valence-corrected chi connectivity index (χ2v) is 6.76. The number of carbonyl (C=O) groups is 1. The summed E-state index contributed by atoms with van der Waals surface area (Å²) in [5.74, 6) is -0.529. The Morgan fingerprint density at radius 2 is 1.88 bits per heavy atom. The van der Waals surface area contributed by atoms with E-state index in [2.05, 4.69) is 15.5 Å². The van der Waals surface area contributed by atoms with Crippen LogP contribution in [-0.4, -0.2) is 21.4 Å². The van der Waals surface area contributed by atoms with Crippen LogP contribution < -0.4 is 5.32 Å². The number of thioether (sulfide) groups is 1. The van der Waals surface area contributed by atoms with Gasteiger partial charge in [0.2, 0.25) is 5.91 Å². The fourth-order valence-electron chi connectivity index (χ4n) is 2.09. The van der Waals surface area contributed by atoms with Gasteiger partial charge in [-0.2, -0.15) is 0 Å². The van der Waals surface area contributed by atoms with Gasteiger partial charge in [0.25, 0.3) is 11.1 Å². The fourth-order valence-corrected chi connectivity index (χ4v) is 2.77. The number of carbonyl (C=O) groups excluding carboxylic acids is 1. The lowest BCUT2D eigenvalue weighted by molar-refractivity contribution is -0.115. The Kier molecular flexibility index (Phi) is 5.14. The predicted octanol–water partition coefficient (Wildman–Crippen LogP) is 4.30. The van der Waals surface area contributed by atoms with Gasteiger partial charge in [-0.05, 0) is 38.1 Å². The van der Waals surface area contributed by atoms with Crippen molar-refractivity contribution < 1.29 is 13.6 Å². The molecule has 0 radical (unpaired) electrons. The Bertz CT molecular complexity index is 880. The molecule has 1 amide bonds. The van der Waals surface area contributed by atoms with Gasteiger partial charge >= 0.3 is 0 Å². The van der Waals surface area contributed by atoms with Gasteiger partial charge in [0.05, 0.1) is 10.8 Å². The van der Waals surface area contributed by atoms with E-state index in [-0.39, 0.29) is 22.6 Å². The number of amides is 1. The van der Waals surface area contributed by atoms with E-state index in [1.54, 1.807) is 25.1 Å². The molecule has 3 aromatic rings. The number of nitrogens with one attached hydrogen (secondary N) is 1. The predicted molar refractivity (Wildman–Crippen MR) is 94.8 cm³/mol. The molecule has 3 rings (SSSR count). The first-order chi connectivity index (χ1) is 12.0. The monoisotopic (exact) mass is 357 g/mol. The third-order valence-electron chi connectivity index (χ3n) is 3.48. The number of aromatic nitrogens is 2. The zero-order chi connectivity index (χ0) is 17.8. The SMILES string of the molecule is Cc1ccc(NC(=O)[C@@H](C)Sc2nnc(-c3ccccc3F)o2)cc1. The number of aryl methyl sites for hydroxylation is 1. The summed E-state index contributed by atoms with van der Waals surface area (Å²) in [4.78, 5) is 12.3. The van der Waals surface area contributed by atoms with E-state index in [0.717, 1.165) is 23.0 Å². The highest BCUT2D eigenvalue weighted by molar-refractivity contribution is 8.00. The fraction of sp³-hybridized carbons (Fsp3) is 0.167.